The van der Waals surface area contributed by atoms with Gasteiger partial charge in [-0.3, -0.25) is 0 Å². The zero-order valence-corrected chi connectivity index (χ0v) is 10.2. The summed E-state index contributed by atoms with van der Waals surface area (Å²) >= 11 is 6.03. The van der Waals surface area contributed by atoms with E-state index in [0.29, 0.717) is 0 Å². The van der Waals surface area contributed by atoms with Crippen LogP contribution in [0.15, 0.2) is 12.1 Å². The summed E-state index contributed by atoms with van der Waals surface area (Å²) < 4.78 is 0. The molecule has 3 N–H and O–H groups in total. The van der Waals surface area contributed by atoms with Gasteiger partial charge in [0.1, 0.15) is 0 Å². The molecule has 3 heteroatoms. The van der Waals surface area contributed by atoms with Gasteiger partial charge in [0.2, 0.25) is 0 Å². The molecule has 84 valence electrons. The molecule has 15 heavy (non-hydrogen) atoms. The van der Waals surface area contributed by atoms with E-state index in [1.165, 1.54) is 19.3 Å². The Bertz CT molecular complexity index is 324. The number of anilines is 2. The van der Waals surface area contributed by atoms with Gasteiger partial charge in [-0.15, -0.1) is 0 Å². The van der Waals surface area contributed by atoms with Gasteiger partial charge in [-0.2, -0.15) is 0 Å². The first-order valence-electron chi connectivity index (χ1n) is 5.44. The van der Waals surface area contributed by atoms with E-state index in [4.69, 9.17) is 17.3 Å². The number of aryl methyl sites for hydroxylation is 1. The molecule has 0 fully saturated rings. The molecule has 0 aliphatic rings. The van der Waals surface area contributed by atoms with E-state index in [2.05, 4.69) is 12.2 Å². The van der Waals surface area contributed by atoms with Crippen molar-refractivity contribution < 1.29 is 0 Å². The lowest BCUT2D eigenvalue weighted by atomic mass is 10.2. The summed E-state index contributed by atoms with van der Waals surface area (Å²) in [5.74, 6) is 0. The van der Waals surface area contributed by atoms with Gasteiger partial charge in [0.25, 0.3) is 0 Å². The quantitative estimate of drug-likeness (QED) is 0.592. The molecular formula is C12H19ClN2. The molecule has 1 rings (SSSR count). The Labute approximate surface area is 96.8 Å². The third-order valence-electron chi connectivity index (χ3n) is 2.43. The summed E-state index contributed by atoms with van der Waals surface area (Å²) in [6.07, 6.45) is 3.64. The number of hydrogen-bond donors (Lipinski definition) is 2. The van der Waals surface area contributed by atoms with Crippen molar-refractivity contribution in [2.75, 3.05) is 17.6 Å². The third-order valence-corrected chi connectivity index (χ3v) is 2.83. The molecule has 0 heterocycles. The van der Waals surface area contributed by atoms with Crippen LogP contribution in [0.2, 0.25) is 5.02 Å². The molecule has 0 aromatic heterocycles. The molecule has 0 bridgehead atoms. The number of nitrogen functional groups attached to an aromatic ring is 1. The summed E-state index contributed by atoms with van der Waals surface area (Å²) in [5, 5.41) is 4.07. The number of hydrogen-bond acceptors (Lipinski definition) is 2. The molecule has 0 spiro atoms. The fourth-order valence-electron chi connectivity index (χ4n) is 1.45. The molecule has 0 atom stereocenters. The number of rotatable bonds is 5. The van der Waals surface area contributed by atoms with Crippen LogP contribution in [0.4, 0.5) is 11.4 Å². The Kier molecular flexibility index (Phi) is 4.76. The fraction of sp³-hybridized carbons (Fsp3) is 0.500. The van der Waals surface area contributed by atoms with E-state index in [-0.39, 0.29) is 0 Å². The SMILES string of the molecule is CCCCCNc1cc(Cl)c(C)cc1N. The van der Waals surface area contributed by atoms with Gasteiger partial charge in [0.05, 0.1) is 11.4 Å². The summed E-state index contributed by atoms with van der Waals surface area (Å²) in [6, 6.07) is 3.81. The summed E-state index contributed by atoms with van der Waals surface area (Å²) in [5.41, 5.74) is 8.62. The first-order chi connectivity index (χ1) is 7.15. The van der Waals surface area contributed by atoms with Gasteiger partial charge in [0, 0.05) is 11.6 Å². The second-order valence-corrected chi connectivity index (χ2v) is 4.23. The fourth-order valence-corrected chi connectivity index (χ4v) is 1.62. The molecule has 0 aliphatic heterocycles. The van der Waals surface area contributed by atoms with E-state index in [1.807, 2.05) is 19.1 Å². The lowest BCUT2D eigenvalue weighted by Gasteiger charge is -2.10. The molecular weight excluding hydrogens is 208 g/mol. The zero-order chi connectivity index (χ0) is 11.3. The minimum absolute atomic E-state index is 0.766. The molecule has 0 saturated carbocycles. The van der Waals surface area contributed by atoms with Gasteiger partial charge in [-0.05, 0) is 31.0 Å². The van der Waals surface area contributed by atoms with Crippen molar-refractivity contribution in [3.05, 3.63) is 22.7 Å². The lowest BCUT2D eigenvalue weighted by molar-refractivity contribution is 0.744. The van der Waals surface area contributed by atoms with Crippen LogP contribution >= 0.6 is 11.6 Å². The molecule has 2 nitrogen and oxygen atoms in total. The van der Waals surface area contributed by atoms with Crippen molar-refractivity contribution >= 4 is 23.0 Å². The predicted octanol–water partition coefficient (Wildman–Crippen LogP) is 3.83. The summed E-state index contributed by atoms with van der Waals surface area (Å²) in [4.78, 5) is 0. The van der Waals surface area contributed by atoms with Crippen LogP contribution < -0.4 is 11.1 Å². The average Bonchev–Trinajstić information content (AvgIpc) is 2.20. The molecule has 0 aliphatic carbocycles. The highest BCUT2D eigenvalue weighted by molar-refractivity contribution is 6.31. The standard InChI is InChI=1S/C12H19ClN2/c1-3-4-5-6-15-12-8-10(13)9(2)7-11(12)14/h7-8,15H,3-6,14H2,1-2H3. The second-order valence-electron chi connectivity index (χ2n) is 3.82. The Hall–Kier alpha value is -0.890. The summed E-state index contributed by atoms with van der Waals surface area (Å²) in [6.45, 7) is 5.11. The molecule has 0 saturated heterocycles. The molecule has 1 aromatic rings. The van der Waals surface area contributed by atoms with Gasteiger partial charge in [-0.25, -0.2) is 0 Å². The smallest absolute Gasteiger partial charge is 0.0589 e. The Balaban J connectivity index is 2.57. The van der Waals surface area contributed by atoms with Crippen molar-refractivity contribution in [2.24, 2.45) is 0 Å². The number of halogens is 1. The van der Waals surface area contributed by atoms with Crippen molar-refractivity contribution in [1.82, 2.24) is 0 Å². The van der Waals surface area contributed by atoms with E-state index in [9.17, 15) is 0 Å². The van der Waals surface area contributed by atoms with Crippen LogP contribution in [0, 0.1) is 6.92 Å². The first-order valence-corrected chi connectivity index (χ1v) is 5.82. The van der Waals surface area contributed by atoms with Gasteiger partial charge < -0.3 is 11.1 Å². The summed E-state index contributed by atoms with van der Waals surface area (Å²) in [7, 11) is 0. The van der Waals surface area contributed by atoms with E-state index < -0.39 is 0 Å². The van der Waals surface area contributed by atoms with E-state index >= 15 is 0 Å². The van der Waals surface area contributed by atoms with E-state index in [0.717, 1.165) is 28.5 Å². The van der Waals surface area contributed by atoms with E-state index in [1.54, 1.807) is 0 Å². The largest absolute Gasteiger partial charge is 0.397 e. The zero-order valence-electron chi connectivity index (χ0n) is 9.44. The maximum atomic E-state index is 6.03. The maximum absolute atomic E-state index is 6.03. The van der Waals surface area contributed by atoms with Crippen molar-refractivity contribution in [3.8, 4) is 0 Å². The van der Waals surface area contributed by atoms with Gasteiger partial charge in [-0.1, -0.05) is 31.4 Å². The highest BCUT2D eigenvalue weighted by atomic mass is 35.5. The van der Waals surface area contributed by atoms with Crippen LogP contribution in [0.3, 0.4) is 0 Å². The maximum Gasteiger partial charge on any atom is 0.0589 e. The Morgan fingerprint density at radius 2 is 2.07 bits per heavy atom. The van der Waals surface area contributed by atoms with Gasteiger partial charge >= 0.3 is 0 Å². The minimum atomic E-state index is 0.766. The normalized spacial score (nSPS) is 10.3. The second kappa shape index (κ2) is 5.86. The highest BCUT2D eigenvalue weighted by Crippen LogP contribution is 2.26. The molecule has 0 amide bonds. The topological polar surface area (TPSA) is 38.0 Å². The number of nitrogens with two attached hydrogens (primary N) is 1. The van der Waals surface area contributed by atoms with Crippen LogP contribution in [-0.4, -0.2) is 6.54 Å². The van der Waals surface area contributed by atoms with Crippen LogP contribution in [-0.2, 0) is 0 Å². The highest BCUT2D eigenvalue weighted by Gasteiger charge is 2.02. The number of unbranched alkanes of at least 4 members (excludes halogenated alkanes) is 2. The van der Waals surface area contributed by atoms with Crippen molar-refractivity contribution in [2.45, 2.75) is 33.1 Å². The predicted molar refractivity (Wildman–Crippen MR) is 68.6 cm³/mol. The number of nitrogens with one attached hydrogen (secondary N) is 1. The van der Waals surface area contributed by atoms with Crippen LogP contribution in [0.1, 0.15) is 31.7 Å². The van der Waals surface area contributed by atoms with Crippen LogP contribution in [0.5, 0.6) is 0 Å². The average molecular weight is 227 g/mol. The monoisotopic (exact) mass is 226 g/mol. The lowest BCUT2D eigenvalue weighted by Crippen LogP contribution is -2.04. The van der Waals surface area contributed by atoms with Crippen molar-refractivity contribution in [3.63, 3.8) is 0 Å². The molecule has 1 aromatic carbocycles. The van der Waals surface area contributed by atoms with Crippen molar-refractivity contribution in [1.29, 1.82) is 0 Å². The molecule has 0 radical (unpaired) electrons. The Morgan fingerprint density at radius 1 is 1.33 bits per heavy atom. The van der Waals surface area contributed by atoms with Gasteiger partial charge in [0.15, 0.2) is 0 Å². The molecule has 0 unspecified atom stereocenters. The van der Waals surface area contributed by atoms with Crippen LogP contribution in [0.25, 0.3) is 0 Å². The Morgan fingerprint density at radius 3 is 2.73 bits per heavy atom. The third kappa shape index (κ3) is 3.63. The first kappa shape index (κ1) is 12.2. The minimum Gasteiger partial charge on any atom is -0.397 e. The number of benzene rings is 1.